The van der Waals surface area contributed by atoms with Crippen molar-refractivity contribution < 1.29 is 4.39 Å². The maximum Gasteiger partial charge on any atom is 0.287 e. The van der Waals surface area contributed by atoms with E-state index in [1.54, 1.807) is 0 Å². The smallest absolute Gasteiger partial charge is 0.205 e. The molecular weight excluding hydrogens is 185 g/mol. The van der Waals surface area contributed by atoms with E-state index in [2.05, 4.69) is 0 Å². The van der Waals surface area contributed by atoms with E-state index in [0.717, 1.165) is 0 Å². The Balaban J connectivity index is 3.54. The van der Waals surface area contributed by atoms with Gasteiger partial charge in [-0.05, 0) is 0 Å². The Morgan fingerprint density at radius 1 is 1.29 bits per heavy atom. The van der Waals surface area contributed by atoms with Gasteiger partial charge in [0.2, 0.25) is 0 Å². The SMILES string of the molecule is FC(Cl)(Cl)C(Cl)Cl. The molecular formula is C2HCl4F. The lowest BCUT2D eigenvalue weighted by Crippen LogP contribution is -2.13. The molecule has 0 heterocycles. The second kappa shape index (κ2) is 2.58. The number of alkyl halides is 5. The summed E-state index contributed by atoms with van der Waals surface area (Å²) < 4.78 is 9.25. The fraction of sp³-hybridized carbons (Fsp3) is 1.00. The standard InChI is InChI=1S/C2HCl4F/c3-1(4)2(5,6)7/h1H. The molecule has 0 bridgehead atoms. The van der Waals surface area contributed by atoms with Crippen LogP contribution in [0.3, 0.4) is 0 Å². The molecule has 0 unspecified atom stereocenters. The third-order valence-corrected chi connectivity index (χ3v) is 1.73. The van der Waals surface area contributed by atoms with Gasteiger partial charge in [0, 0.05) is 0 Å². The fourth-order valence-corrected chi connectivity index (χ4v) is 0. The predicted molar refractivity (Wildman–Crippen MR) is 31.0 cm³/mol. The maximum atomic E-state index is 11.8. The average molecular weight is 186 g/mol. The van der Waals surface area contributed by atoms with Crippen molar-refractivity contribution in [2.45, 2.75) is 9.42 Å². The van der Waals surface area contributed by atoms with Crippen LogP contribution < -0.4 is 0 Å². The van der Waals surface area contributed by atoms with Crippen LogP contribution in [0.1, 0.15) is 0 Å². The molecule has 0 aromatic rings. The molecule has 5 heteroatoms. The van der Waals surface area contributed by atoms with Gasteiger partial charge in [-0.1, -0.05) is 46.4 Å². The molecule has 0 spiro atoms. The minimum absolute atomic E-state index is 1.39. The second-order valence-corrected chi connectivity index (χ2v) is 3.23. The summed E-state index contributed by atoms with van der Waals surface area (Å²) >= 11 is 19.2. The van der Waals surface area contributed by atoms with E-state index in [9.17, 15) is 4.39 Å². The Morgan fingerprint density at radius 3 is 1.43 bits per heavy atom. The predicted octanol–water partition coefficient (Wildman–Crippen LogP) is 2.89. The molecule has 0 aromatic heterocycles. The molecule has 0 aromatic carbocycles. The van der Waals surface area contributed by atoms with Crippen molar-refractivity contribution in [1.29, 1.82) is 0 Å². The molecule has 7 heavy (non-hydrogen) atoms. The van der Waals surface area contributed by atoms with E-state index in [1.165, 1.54) is 0 Å². The highest BCUT2D eigenvalue weighted by molar-refractivity contribution is 6.58. The molecule has 0 N–H and O–H groups in total. The van der Waals surface area contributed by atoms with Crippen LogP contribution in [-0.4, -0.2) is 9.42 Å². The zero-order valence-corrected chi connectivity index (χ0v) is 5.99. The zero-order valence-electron chi connectivity index (χ0n) is 2.97. The first kappa shape index (κ1) is 8.09. The summed E-state index contributed by atoms with van der Waals surface area (Å²) in [6.45, 7) is 0. The highest BCUT2D eigenvalue weighted by Crippen LogP contribution is 2.32. The van der Waals surface area contributed by atoms with Crippen LogP contribution in [0.5, 0.6) is 0 Å². The quantitative estimate of drug-likeness (QED) is 0.552. The first-order valence-corrected chi connectivity index (χ1v) is 2.92. The number of hydrogen-bond acceptors (Lipinski definition) is 0. The van der Waals surface area contributed by atoms with E-state index >= 15 is 0 Å². The second-order valence-electron chi connectivity index (χ2n) is 0.842. The first-order valence-electron chi connectivity index (χ1n) is 1.29. The van der Waals surface area contributed by atoms with Crippen LogP contribution >= 0.6 is 46.4 Å². The summed E-state index contributed by atoms with van der Waals surface area (Å²) in [5.74, 6) is 0. The van der Waals surface area contributed by atoms with Crippen LogP contribution in [-0.2, 0) is 0 Å². The van der Waals surface area contributed by atoms with Gasteiger partial charge in [0.25, 0.3) is 4.59 Å². The molecule has 0 aliphatic carbocycles. The highest BCUT2D eigenvalue weighted by Gasteiger charge is 2.30. The summed E-state index contributed by atoms with van der Waals surface area (Å²) in [6.07, 6.45) is 0. The largest absolute Gasteiger partial charge is 0.287 e. The van der Waals surface area contributed by atoms with Gasteiger partial charge in [0.1, 0.15) is 0 Å². The van der Waals surface area contributed by atoms with Crippen molar-refractivity contribution in [3.63, 3.8) is 0 Å². The lowest BCUT2D eigenvalue weighted by atomic mass is 10.9. The van der Waals surface area contributed by atoms with Crippen molar-refractivity contribution in [3.05, 3.63) is 0 Å². The summed E-state index contributed by atoms with van der Waals surface area (Å²) in [4.78, 5) is -1.39. The Morgan fingerprint density at radius 2 is 1.43 bits per heavy atom. The van der Waals surface area contributed by atoms with Gasteiger partial charge in [-0.15, -0.1) is 0 Å². The number of halogens is 5. The lowest BCUT2D eigenvalue weighted by molar-refractivity contribution is 0.413. The van der Waals surface area contributed by atoms with E-state index < -0.39 is 9.42 Å². The van der Waals surface area contributed by atoms with Gasteiger partial charge in [0.05, 0.1) is 0 Å². The van der Waals surface area contributed by atoms with Gasteiger partial charge in [-0.3, -0.25) is 0 Å². The van der Waals surface area contributed by atoms with Crippen LogP contribution in [0.25, 0.3) is 0 Å². The summed E-state index contributed by atoms with van der Waals surface area (Å²) in [5, 5.41) is 0. The Labute approximate surface area is 60.5 Å². The van der Waals surface area contributed by atoms with Gasteiger partial charge < -0.3 is 0 Å². The third kappa shape index (κ3) is 3.65. The van der Waals surface area contributed by atoms with E-state index in [-0.39, 0.29) is 0 Å². The molecule has 0 saturated carbocycles. The van der Waals surface area contributed by atoms with Crippen LogP contribution in [0, 0.1) is 0 Å². The van der Waals surface area contributed by atoms with Crippen molar-refractivity contribution in [3.8, 4) is 0 Å². The molecule has 0 nitrogen and oxygen atoms in total. The maximum absolute atomic E-state index is 11.8. The van der Waals surface area contributed by atoms with Crippen molar-refractivity contribution in [2.75, 3.05) is 0 Å². The van der Waals surface area contributed by atoms with Crippen molar-refractivity contribution >= 4 is 46.4 Å². The van der Waals surface area contributed by atoms with Gasteiger partial charge in [0.15, 0.2) is 4.84 Å². The highest BCUT2D eigenvalue weighted by atomic mass is 35.5. The van der Waals surface area contributed by atoms with Crippen LogP contribution in [0.15, 0.2) is 0 Å². The van der Waals surface area contributed by atoms with Crippen molar-refractivity contribution in [1.82, 2.24) is 0 Å². The molecule has 0 amide bonds. The van der Waals surface area contributed by atoms with Crippen LogP contribution in [0.2, 0.25) is 0 Å². The molecule has 0 aliphatic rings. The summed E-state index contributed by atoms with van der Waals surface area (Å²) in [5.41, 5.74) is 0. The number of rotatable bonds is 1. The minimum Gasteiger partial charge on any atom is -0.205 e. The van der Waals surface area contributed by atoms with Crippen LogP contribution in [0.4, 0.5) is 4.39 Å². The number of hydrogen-bond donors (Lipinski definition) is 0. The zero-order chi connectivity index (χ0) is 6.08. The Kier molecular flexibility index (Phi) is 2.99. The van der Waals surface area contributed by atoms with E-state index in [0.29, 0.717) is 0 Å². The fourth-order valence-electron chi connectivity index (χ4n) is 0. The van der Waals surface area contributed by atoms with E-state index in [4.69, 9.17) is 46.4 Å². The molecule has 0 radical (unpaired) electrons. The average Bonchev–Trinajstić information content (AvgIpc) is 1.31. The molecule has 0 atom stereocenters. The normalized spacial score (nSPS) is 12.9. The molecule has 0 aliphatic heterocycles. The molecule has 44 valence electrons. The molecule has 0 fully saturated rings. The van der Waals surface area contributed by atoms with Gasteiger partial charge >= 0.3 is 0 Å². The Hall–Kier alpha value is 1.09. The summed E-state index contributed by atoms with van der Waals surface area (Å²) in [6, 6.07) is 0. The monoisotopic (exact) mass is 184 g/mol. The topological polar surface area (TPSA) is 0 Å². The van der Waals surface area contributed by atoms with Crippen molar-refractivity contribution in [2.24, 2.45) is 0 Å². The van der Waals surface area contributed by atoms with Gasteiger partial charge in [-0.2, -0.15) is 0 Å². The summed E-state index contributed by atoms with van der Waals surface area (Å²) in [7, 11) is 0. The minimum atomic E-state index is -2.52. The van der Waals surface area contributed by atoms with E-state index in [1.807, 2.05) is 0 Å². The molecule has 0 saturated heterocycles. The lowest BCUT2D eigenvalue weighted by Gasteiger charge is -2.07. The first-order chi connectivity index (χ1) is 2.94. The van der Waals surface area contributed by atoms with Gasteiger partial charge in [-0.25, -0.2) is 4.39 Å². The molecule has 0 rings (SSSR count). The Bertz CT molecular complexity index is 55.2. The third-order valence-electron chi connectivity index (χ3n) is 0.247.